The van der Waals surface area contributed by atoms with Gasteiger partial charge in [0, 0.05) is 25.7 Å². The monoisotopic (exact) mass is 361 g/mol. The van der Waals surface area contributed by atoms with Gasteiger partial charge in [0.1, 0.15) is 24.7 Å². The lowest BCUT2D eigenvalue weighted by Crippen LogP contribution is -2.37. The van der Waals surface area contributed by atoms with E-state index in [1.54, 1.807) is 4.90 Å². The summed E-state index contributed by atoms with van der Waals surface area (Å²) >= 11 is 0. The normalized spacial score (nSPS) is 24.5. The second-order valence-electron chi connectivity index (χ2n) is 7.20. The van der Waals surface area contributed by atoms with Crippen molar-refractivity contribution >= 4 is 16.9 Å². The fourth-order valence-electron chi connectivity index (χ4n) is 3.70. The number of alkyl halides is 1. The highest BCUT2D eigenvalue weighted by atomic mass is 19.1. The van der Waals surface area contributed by atoms with Crippen molar-refractivity contribution in [2.45, 2.75) is 38.6 Å². The Labute approximate surface area is 151 Å². The maximum Gasteiger partial charge on any atom is 0.226 e. The first-order valence-electron chi connectivity index (χ1n) is 9.17. The standard InChI is InChI=1S/C19H24FN3O3/c1-12-2-3-15-16(8-12)22-18(21-15)11-26-17-10-23(9-14(17)20)19(24)13-4-6-25-7-5-13/h2-3,8,13-14,17H,4-7,9-11H2,1H3,(H,21,22). The van der Waals surface area contributed by atoms with Gasteiger partial charge in [-0.2, -0.15) is 0 Å². The molecule has 3 heterocycles. The SMILES string of the molecule is Cc1ccc2nc(COC3CN(C(=O)C4CCOCC4)CC3F)[nH]c2c1. The molecule has 26 heavy (non-hydrogen) atoms. The number of aryl methyl sites for hydroxylation is 1. The molecule has 6 nitrogen and oxygen atoms in total. The van der Waals surface area contributed by atoms with E-state index in [9.17, 15) is 9.18 Å². The van der Waals surface area contributed by atoms with Gasteiger partial charge in [0.2, 0.25) is 5.91 Å². The Kier molecular flexibility index (Phi) is 4.91. The topological polar surface area (TPSA) is 67.4 Å². The Morgan fingerprint density at radius 2 is 2.19 bits per heavy atom. The van der Waals surface area contributed by atoms with Crippen molar-refractivity contribution in [1.82, 2.24) is 14.9 Å². The van der Waals surface area contributed by atoms with Gasteiger partial charge in [-0.15, -0.1) is 0 Å². The second-order valence-corrected chi connectivity index (χ2v) is 7.20. The van der Waals surface area contributed by atoms with Gasteiger partial charge < -0.3 is 19.4 Å². The Morgan fingerprint density at radius 1 is 1.38 bits per heavy atom. The number of carbonyl (C=O) groups excluding carboxylic acids is 1. The Hall–Kier alpha value is -1.99. The lowest BCUT2D eigenvalue weighted by Gasteiger charge is -2.26. The summed E-state index contributed by atoms with van der Waals surface area (Å²) in [5, 5.41) is 0. The molecule has 2 aliphatic rings. The van der Waals surface area contributed by atoms with Crippen LogP contribution >= 0.6 is 0 Å². The number of carbonyl (C=O) groups is 1. The minimum Gasteiger partial charge on any atom is -0.381 e. The summed E-state index contributed by atoms with van der Waals surface area (Å²) in [6, 6.07) is 5.97. The molecule has 2 fully saturated rings. The Morgan fingerprint density at radius 3 is 3.00 bits per heavy atom. The van der Waals surface area contributed by atoms with Crippen LogP contribution in [0.5, 0.6) is 0 Å². The minimum absolute atomic E-state index is 0.0289. The third-order valence-electron chi connectivity index (χ3n) is 5.20. The van der Waals surface area contributed by atoms with Crippen LogP contribution in [-0.4, -0.2) is 59.4 Å². The number of aromatic nitrogens is 2. The van der Waals surface area contributed by atoms with Crippen molar-refractivity contribution in [3.05, 3.63) is 29.6 Å². The molecule has 1 aromatic carbocycles. The van der Waals surface area contributed by atoms with E-state index in [1.807, 2.05) is 25.1 Å². The van der Waals surface area contributed by atoms with Crippen LogP contribution < -0.4 is 0 Å². The van der Waals surface area contributed by atoms with Crippen molar-refractivity contribution in [1.29, 1.82) is 0 Å². The number of halogens is 1. The molecule has 1 N–H and O–H groups in total. The van der Waals surface area contributed by atoms with E-state index in [0.717, 1.165) is 29.4 Å². The predicted molar refractivity (Wildman–Crippen MR) is 94.4 cm³/mol. The maximum absolute atomic E-state index is 14.4. The van der Waals surface area contributed by atoms with Gasteiger partial charge in [-0.25, -0.2) is 9.37 Å². The van der Waals surface area contributed by atoms with Gasteiger partial charge >= 0.3 is 0 Å². The number of amides is 1. The highest BCUT2D eigenvalue weighted by molar-refractivity contribution is 5.79. The van der Waals surface area contributed by atoms with E-state index in [1.165, 1.54) is 0 Å². The molecular weight excluding hydrogens is 337 g/mol. The average Bonchev–Trinajstić information content (AvgIpc) is 3.22. The summed E-state index contributed by atoms with van der Waals surface area (Å²) in [5.74, 6) is 0.654. The number of likely N-dealkylation sites (tertiary alicyclic amines) is 1. The molecule has 2 saturated heterocycles. The first-order chi connectivity index (χ1) is 12.6. The summed E-state index contributed by atoms with van der Waals surface area (Å²) in [6.07, 6.45) is -0.328. The average molecular weight is 361 g/mol. The number of H-pyrrole nitrogens is 1. The van der Waals surface area contributed by atoms with Crippen LogP contribution in [-0.2, 0) is 20.9 Å². The largest absolute Gasteiger partial charge is 0.381 e. The van der Waals surface area contributed by atoms with Crippen molar-refractivity contribution in [3.8, 4) is 0 Å². The Balaban J connectivity index is 1.35. The van der Waals surface area contributed by atoms with Crippen LogP contribution in [0.1, 0.15) is 24.2 Å². The number of nitrogens with one attached hydrogen (secondary N) is 1. The molecule has 2 unspecified atom stereocenters. The molecule has 0 spiro atoms. The van der Waals surface area contributed by atoms with Crippen LogP contribution in [0.25, 0.3) is 11.0 Å². The zero-order valence-electron chi connectivity index (χ0n) is 14.9. The molecular formula is C19H24FN3O3. The van der Waals surface area contributed by atoms with Gasteiger partial charge in [0.25, 0.3) is 0 Å². The molecule has 2 aromatic rings. The smallest absolute Gasteiger partial charge is 0.226 e. The van der Waals surface area contributed by atoms with Gasteiger partial charge in [-0.05, 0) is 37.5 Å². The quantitative estimate of drug-likeness (QED) is 0.908. The number of hydrogen-bond acceptors (Lipinski definition) is 4. The zero-order chi connectivity index (χ0) is 18.1. The van der Waals surface area contributed by atoms with Crippen LogP contribution in [0.3, 0.4) is 0 Å². The van der Waals surface area contributed by atoms with Crippen LogP contribution in [0.15, 0.2) is 18.2 Å². The molecule has 2 aliphatic heterocycles. The van der Waals surface area contributed by atoms with Gasteiger partial charge in [-0.1, -0.05) is 6.07 Å². The molecule has 140 valence electrons. The number of benzene rings is 1. The van der Waals surface area contributed by atoms with Gasteiger partial charge in [-0.3, -0.25) is 4.79 Å². The van der Waals surface area contributed by atoms with Gasteiger partial charge in [0.05, 0.1) is 17.6 Å². The molecule has 1 aromatic heterocycles. The first kappa shape index (κ1) is 17.4. The molecule has 7 heteroatoms. The van der Waals surface area contributed by atoms with E-state index in [-0.39, 0.29) is 25.0 Å². The van der Waals surface area contributed by atoms with Crippen LogP contribution in [0, 0.1) is 12.8 Å². The number of hydrogen-bond donors (Lipinski definition) is 1. The zero-order valence-corrected chi connectivity index (χ0v) is 14.9. The molecule has 2 atom stereocenters. The number of imidazole rings is 1. The number of rotatable bonds is 4. The highest BCUT2D eigenvalue weighted by Gasteiger charge is 2.38. The summed E-state index contributed by atoms with van der Waals surface area (Å²) in [6.45, 7) is 3.85. The van der Waals surface area contributed by atoms with Crippen molar-refractivity contribution in [2.75, 3.05) is 26.3 Å². The molecule has 0 bridgehead atoms. The molecule has 0 aliphatic carbocycles. The number of ether oxygens (including phenoxy) is 2. The third kappa shape index (κ3) is 3.59. The summed E-state index contributed by atoms with van der Waals surface area (Å²) in [7, 11) is 0. The lowest BCUT2D eigenvalue weighted by atomic mass is 9.99. The van der Waals surface area contributed by atoms with Crippen molar-refractivity contribution in [2.24, 2.45) is 5.92 Å². The number of aromatic amines is 1. The van der Waals surface area contributed by atoms with E-state index in [4.69, 9.17) is 9.47 Å². The van der Waals surface area contributed by atoms with Crippen molar-refractivity contribution < 1.29 is 18.7 Å². The highest BCUT2D eigenvalue weighted by Crippen LogP contribution is 2.24. The summed E-state index contributed by atoms with van der Waals surface area (Å²) < 4.78 is 25.4. The van der Waals surface area contributed by atoms with E-state index >= 15 is 0 Å². The molecule has 0 saturated carbocycles. The van der Waals surface area contributed by atoms with E-state index in [0.29, 0.717) is 25.6 Å². The lowest BCUT2D eigenvalue weighted by molar-refractivity contribution is -0.138. The summed E-state index contributed by atoms with van der Waals surface area (Å²) in [4.78, 5) is 21.8. The molecule has 1 amide bonds. The molecule has 0 radical (unpaired) electrons. The van der Waals surface area contributed by atoms with Gasteiger partial charge in [0.15, 0.2) is 0 Å². The fraction of sp³-hybridized carbons (Fsp3) is 0.579. The van der Waals surface area contributed by atoms with Crippen LogP contribution in [0.2, 0.25) is 0 Å². The first-order valence-corrected chi connectivity index (χ1v) is 9.17. The fourth-order valence-corrected chi connectivity index (χ4v) is 3.70. The number of fused-ring (bicyclic) bond motifs is 1. The predicted octanol–water partition coefficient (Wildman–Crippen LogP) is 2.36. The maximum atomic E-state index is 14.4. The van der Waals surface area contributed by atoms with Crippen LogP contribution in [0.4, 0.5) is 4.39 Å². The Bertz CT molecular complexity index is 787. The number of nitrogens with zero attached hydrogens (tertiary/aromatic N) is 2. The van der Waals surface area contributed by atoms with Crippen molar-refractivity contribution in [3.63, 3.8) is 0 Å². The summed E-state index contributed by atoms with van der Waals surface area (Å²) in [5.41, 5.74) is 2.97. The second kappa shape index (κ2) is 7.32. The van der Waals surface area contributed by atoms with E-state index in [2.05, 4.69) is 9.97 Å². The third-order valence-corrected chi connectivity index (χ3v) is 5.20. The molecule has 4 rings (SSSR count). The minimum atomic E-state index is -1.16. The van der Waals surface area contributed by atoms with E-state index < -0.39 is 12.3 Å².